The van der Waals surface area contributed by atoms with E-state index in [1.165, 1.54) is 19.3 Å². The van der Waals surface area contributed by atoms with Crippen LogP contribution in [-0.2, 0) is 0 Å². The largest absolute Gasteiger partial charge is 0.543 e. The maximum atomic E-state index is 12.3. The molecule has 0 spiro atoms. The van der Waals surface area contributed by atoms with Crippen molar-refractivity contribution >= 4 is 27.8 Å². The van der Waals surface area contributed by atoms with Crippen molar-refractivity contribution < 1.29 is 28.5 Å². The van der Waals surface area contributed by atoms with Gasteiger partial charge in [-0.1, -0.05) is 60.1 Å². The minimum absolute atomic E-state index is 0.0192. The predicted molar refractivity (Wildman–Crippen MR) is 219 cm³/mol. The number of aromatic hydroxyl groups is 1. The van der Waals surface area contributed by atoms with E-state index in [0.29, 0.717) is 48.7 Å². The highest BCUT2D eigenvalue weighted by Gasteiger charge is 2.40. The van der Waals surface area contributed by atoms with Gasteiger partial charge in [0.2, 0.25) is 16.6 Å². The van der Waals surface area contributed by atoms with Crippen LogP contribution >= 0.6 is 0 Å². The third-order valence-electron chi connectivity index (χ3n) is 11.6. The first-order valence-corrected chi connectivity index (χ1v) is 25.0. The van der Waals surface area contributed by atoms with Gasteiger partial charge in [0.15, 0.2) is 0 Å². The van der Waals surface area contributed by atoms with Gasteiger partial charge in [0.25, 0.3) is 0 Å². The van der Waals surface area contributed by atoms with E-state index in [9.17, 15) is 10.2 Å². The summed E-state index contributed by atoms with van der Waals surface area (Å²) in [6.45, 7) is 26.5. The molecule has 7 nitrogen and oxygen atoms in total. The molecule has 3 aromatic carbocycles. The Morgan fingerprint density at radius 3 is 1.87 bits per heavy atom. The van der Waals surface area contributed by atoms with Crippen molar-refractivity contribution in [1.29, 1.82) is 0 Å². The lowest BCUT2D eigenvalue weighted by molar-refractivity contribution is 0.183. The van der Waals surface area contributed by atoms with Crippen molar-refractivity contribution in [2.24, 2.45) is 0 Å². The molecule has 2 N–H and O–H groups in total. The van der Waals surface area contributed by atoms with Gasteiger partial charge >= 0.3 is 0 Å². The number of phenolic OH excluding ortho intramolecular Hbond substituents is 1. The molecule has 1 atom stereocenters. The van der Waals surface area contributed by atoms with E-state index in [1.807, 2.05) is 54.6 Å². The van der Waals surface area contributed by atoms with Gasteiger partial charge in [0, 0.05) is 29.8 Å². The average Bonchev–Trinajstić information content (AvgIpc) is 3.05. The monoisotopic (exact) mass is 745 g/mol. The Bertz CT molecular complexity index is 1700. The number of phenols is 1. The first kappa shape index (κ1) is 39.9. The van der Waals surface area contributed by atoms with Crippen LogP contribution in [-0.4, -0.2) is 64.6 Å². The van der Waals surface area contributed by atoms with E-state index < -0.39 is 22.7 Å². The van der Waals surface area contributed by atoms with Gasteiger partial charge in [0.1, 0.15) is 41.5 Å². The van der Waals surface area contributed by atoms with Crippen molar-refractivity contribution in [3.63, 3.8) is 0 Å². The van der Waals surface area contributed by atoms with Crippen molar-refractivity contribution in [3.05, 3.63) is 77.4 Å². The molecular formula is C43H63NO6Si2. The highest BCUT2D eigenvalue weighted by Crippen LogP contribution is 2.48. The van der Waals surface area contributed by atoms with E-state index in [2.05, 4.69) is 72.6 Å². The number of likely N-dealkylation sites (tertiary alicyclic amines) is 1. The van der Waals surface area contributed by atoms with Gasteiger partial charge in [-0.2, -0.15) is 0 Å². The van der Waals surface area contributed by atoms with Crippen molar-refractivity contribution in [2.75, 3.05) is 32.8 Å². The molecule has 0 saturated carbocycles. The maximum absolute atomic E-state index is 12.3. The van der Waals surface area contributed by atoms with E-state index in [4.69, 9.17) is 18.3 Å². The van der Waals surface area contributed by atoms with Gasteiger partial charge in [-0.05, 0) is 128 Å². The van der Waals surface area contributed by atoms with Crippen LogP contribution in [0.1, 0.15) is 96.4 Å². The van der Waals surface area contributed by atoms with E-state index in [-0.39, 0.29) is 15.8 Å². The molecule has 2 aliphatic rings. The number of ether oxygens (including phenoxy) is 2. The summed E-state index contributed by atoms with van der Waals surface area (Å²) < 4.78 is 25.8. The van der Waals surface area contributed by atoms with Crippen LogP contribution in [0.3, 0.4) is 0 Å². The molecule has 9 heteroatoms. The van der Waals surface area contributed by atoms with Gasteiger partial charge in [-0.25, -0.2) is 0 Å². The van der Waals surface area contributed by atoms with Crippen LogP contribution in [0.15, 0.2) is 60.7 Å². The third kappa shape index (κ3) is 9.45. The highest BCUT2D eigenvalue weighted by molar-refractivity contribution is 6.75. The summed E-state index contributed by atoms with van der Waals surface area (Å²) in [5.41, 5.74) is 3.80. The predicted octanol–water partition coefficient (Wildman–Crippen LogP) is 10.8. The van der Waals surface area contributed by atoms with Crippen LogP contribution < -0.4 is 18.3 Å². The zero-order chi connectivity index (χ0) is 37.9. The van der Waals surface area contributed by atoms with Crippen LogP contribution in [0.4, 0.5) is 0 Å². The molecule has 0 aliphatic carbocycles. The van der Waals surface area contributed by atoms with Gasteiger partial charge < -0.3 is 28.5 Å². The molecule has 0 radical (unpaired) electrons. The quantitative estimate of drug-likeness (QED) is 0.189. The number of hydrogen-bond donors (Lipinski definition) is 2. The summed E-state index contributed by atoms with van der Waals surface area (Å²) in [6.07, 6.45) is 4.17. The first-order chi connectivity index (χ1) is 24.4. The molecule has 3 aromatic rings. The van der Waals surface area contributed by atoms with E-state index in [0.717, 1.165) is 47.8 Å². The Balaban J connectivity index is 1.53. The lowest BCUT2D eigenvalue weighted by Gasteiger charge is -2.36. The molecule has 52 heavy (non-hydrogen) atoms. The summed E-state index contributed by atoms with van der Waals surface area (Å²) in [4.78, 5) is 2.47. The normalized spacial score (nSPS) is 18.4. The van der Waals surface area contributed by atoms with Crippen LogP contribution in [0.25, 0.3) is 11.1 Å². The standard InChI is InChI=1S/C43H63NO6Si2/c1-42(2,3)51(7,8)49-33-20-22-35(38(45)29-33)36-15-14-27-48-39-30-34(50-52(9,10)43(4,5)6)21-23-37(39)40(36)41(46)31-16-18-32(19-17-31)47-28-26-44-24-12-11-13-25-44/h16-23,29-30,41,45-46H,11-15,24-28H2,1-10H3/b40-36-. The SMILES string of the molecule is CC(C)(C)[Si](C)(C)Oc1ccc(/C2=C(\C(O)c3ccc(OCCN4CCCCC4)cc3)c3ccc(O[Si](C)(C)C(C)(C)C)cc3OCCC2)c(O)c1. The molecular weight excluding hydrogens is 683 g/mol. The number of fused-ring (bicyclic) bond motifs is 1. The molecule has 1 unspecified atom stereocenters. The fourth-order valence-corrected chi connectivity index (χ4v) is 8.39. The minimum atomic E-state index is -2.12. The Labute approximate surface area is 315 Å². The zero-order valence-electron chi connectivity index (χ0n) is 33.4. The first-order valence-electron chi connectivity index (χ1n) is 19.2. The highest BCUT2D eigenvalue weighted by atomic mass is 28.4. The number of aliphatic hydroxyl groups is 1. The average molecular weight is 746 g/mol. The molecule has 0 aromatic heterocycles. The molecule has 2 aliphatic heterocycles. The van der Waals surface area contributed by atoms with Crippen LogP contribution in [0, 0.1) is 0 Å². The Morgan fingerprint density at radius 2 is 1.29 bits per heavy atom. The number of piperidine rings is 1. The number of nitrogens with zero attached hydrogens (tertiary/aromatic N) is 1. The number of benzene rings is 3. The van der Waals surface area contributed by atoms with Gasteiger partial charge in [-0.3, -0.25) is 4.90 Å². The summed E-state index contributed by atoms with van der Waals surface area (Å²) in [7, 11) is -4.23. The number of rotatable bonds is 11. The minimum Gasteiger partial charge on any atom is -0.543 e. The molecule has 1 saturated heterocycles. The fourth-order valence-electron chi connectivity index (χ4n) is 6.34. The second-order valence-electron chi connectivity index (χ2n) is 17.6. The van der Waals surface area contributed by atoms with Crippen LogP contribution in [0.2, 0.25) is 36.3 Å². The molecule has 5 rings (SSSR count). The molecule has 284 valence electrons. The molecule has 0 amide bonds. The van der Waals surface area contributed by atoms with Crippen molar-refractivity contribution in [3.8, 4) is 28.7 Å². The summed E-state index contributed by atoms with van der Waals surface area (Å²) in [6, 6.07) is 19.4. The number of hydrogen-bond acceptors (Lipinski definition) is 7. The molecule has 2 heterocycles. The lowest BCUT2D eigenvalue weighted by atomic mass is 9.84. The third-order valence-corrected chi connectivity index (χ3v) is 20.4. The molecule has 1 fully saturated rings. The summed E-state index contributed by atoms with van der Waals surface area (Å²) >= 11 is 0. The topological polar surface area (TPSA) is 80.6 Å². The van der Waals surface area contributed by atoms with E-state index >= 15 is 0 Å². The Hall–Kier alpha value is -3.25. The fraction of sp³-hybridized carbons (Fsp3) is 0.535. The van der Waals surface area contributed by atoms with Gasteiger partial charge in [-0.15, -0.1) is 0 Å². The van der Waals surface area contributed by atoms with Crippen LogP contribution in [0.5, 0.6) is 28.7 Å². The number of aliphatic hydroxyl groups excluding tert-OH is 1. The Morgan fingerprint density at radius 1 is 0.731 bits per heavy atom. The molecule has 0 bridgehead atoms. The second-order valence-corrected chi connectivity index (χ2v) is 27.1. The zero-order valence-corrected chi connectivity index (χ0v) is 35.4. The summed E-state index contributed by atoms with van der Waals surface area (Å²) in [5, 5.41) is 24.0. The van der Waals surface area contributed by atoms with Gasteiger partial charge in [0.05, 0.1) is 6.61 Å². The smallest absolute Gasteiger partial charge is 0.250 e. The van der Waals surface area contributed by atoms with E-state index in [1.54, 1.807) is 6.07 Å². The lowest BCUT2D eigenvalue weighted by Crippen LogP contribution is -2.43. The second kappa shape index (κ2) is 16.0. The maximum Gasteiger partial charge on any atom is 0.250 e. The Kier molecular flexibility index (Phi) is 12.3. The van der Waals surface area contributed by atoms with Crippen molar-refractivity contribution in [2.45, 2.75) is 116 Å². The number of allylic oxidation sites excluding steroid dienone is 1. The summed E-state index contributed by atoms with van der Waals surface area (Å²) in [5.74, 6) is 3.01. The van der Waals surface area contributed by atoms with Crippen molar-refractivity contribution in [1.82, 2.24) is 4.90 Å².